The topological polar surface area (TPSA) is 79.4 Å². The summed E-state index contributed by atoms with van der Waals surface area (Å²) in [6.07, 6.45) is 2.98. The molecule has 1 aliphatic heterocycles. The van der Waals surface area contributed by atoms with E-state index in [0.29, 0.717) is 0 Å². The van der Waals surface area contributed by atoms with E-state index in [0.717, 1.165) is 32.0 Å². The number of aromatic nitrogens is 2. The molecule has 1 aromatic carbocycles. The molecule has 1 amide bonds. The first-order chi connectivity index (χ1) is 13.4. The van der Waals surface area contributed by atoms with Crippen molar-refractivity contribution >= 4 is 40.7 Å². The van der Waals surface area contributed by atoms with Crippen molar-refractivity contribution in [2.45, 2.75) is 18.9 Å². The van der Waals surface area contributed by atoms with Crippen LogP contribution in [0.2, 0.25) is 10.2 Å². The maximum atomic E-state index is 14.6. The third-order valence-corrected chi connectivity index (χ3v) is 5.20. The number of hydrogen-bond acceptors (Lipinski definition) is 6. The Balaban J connectivity index is 1.78. The van der Waals surface area contributed by atoms with Crippen LogP contribution in [0.1, 0.15) is 23.2 Å². The summed E-state index contributed by atoms with van der Waals surface area (Å²) >= 11 is 11.7. The summed E-state index contributed by atoms with van der Waals surface area (Å²) in [6.45, 7) is 1.78. The van der Waals surface area contributed by atoms with Gasteiger partial charge in [0.1, 0.15) is 11.6 Å². The maximum absolute atomic E-state index is 14.6. The minimum Gasteiger partial charge on any atom is -0.495 e. The quantitative estimate of drug-likeness (QED) is 0.710. The minimum atomic E-state index is -0.686. The number of nitrogens with one attached hydrogen (secondary N) is 2. The lowest BCUT2D eigenvalue weighted by molar-refractivity contribution is 0.0912. The largest absolute Gasteiger partial charge is 0.495 e. The Morgan fingerprint density at radius 2 is 2.04 bits per heavy atom. The number of amides is 1. The highest BCUT2D eigenvalue weighted by atomic mass is 35.5. The molecule has 2 N–H and O–H groups in total. The van der Waals surface area contributed by atoms with Gasteiger partial charge in [-0.25, -0.2) is 9.37 Å². The van der Waals surface area contributed by atoms with Gasteiger partial charge in [-0.2, -0.15) is 4.98 Å². The molecule has 0 bridgehead atoms. The molecule has 1 aromatic heterocycles. The molecule has 150 valence electrons. The van der Waals surface area contributed by atoms with Crippen LogP contribution in [-0.4, -0.2) is 54.1 Å². The van der Waals surface area contributed by atoms with E-state index in [1.807, 2.05) is 7.05 Å². The Hall–Kier alpha value is -2.16. The monoisotopic (exact) mass is 427 g/mol. The molecule has 3 rings (SSSR count). The highest BCUT2D eigenvalue weighted by Crippen LogP contribution is 2.31. The fourth-order valence-corrected chi connectivity index (χ4v) is 3.16. The molecule has 0 spiro atoms. The number of nitrogens with zero attached hydrogens (tertiary/aromatic N) is 3. The molecule has 1 saturated heterocycles. The Bertz CT molecular complexity index is 875. The van der Waals surface area contributed by atoms with Gasteiger partial charge in [-0.05, 0) is 39.0 Å². The number of benzene rings is 1. The fraction of sp³-hybridized carbons (Fsp3) is 0.389. The molecule has 1 aliphatic rings. The van der Waals surface area contributed by atoms with Crippen LogP contribution in [0.5, 0.6) is 5.75 Å². The molecule has 0 aliphatic carbocycles. The van der Waals surface area contributed by atoms with Gasteiger partial charge in [0.15, 0.2) is 5.15 Å². The van der Waals surface area contributed by atoms with Gasteiger partial charge in [0, 0.05) is 12.1 Å². The number of methoxy groups -OCH3 is 1. The molecule has 0 radical (unpaired) electrons. The van der Waals surface area contributed by atoms with Crippen LogP contribution < -0.4 is 15.4 Å². The summed E-state index contributed by atoms with van der Waals surface area (Å²) in [5, 5.41) is 5.97. The third kappa shape index (κ3) is 4.81. The standard InChI is InChI=1S/C18H20Cl2FN5O2/c1-26-5-3-10(4-6-26)23-17(27)11-7-15(28-2)14(8-13(11)21)24-18-22-9-12(19)16(20)25-18/h7-10H,3-6H2,1-2H3,(H,23,27)(H,22,24,25). The van der Waals surface area contributed by atoms with Crippen LogP contribution in [0.4, 0.5) is 16.0 Å². The zero-order valence-electron chi connectivity index (χ0n) is 15.4. The van der Waals surface area contributed by atoms with Gasteiger partial charge in [0.2, 0.25) is 5.95 Å². The van der Waals surface area contributed by atoms with Crippen molar-refractivity contribution < 1.29 is 13.9 Å². The first kappa shape index (κ1) is 20.6. The summed E-state index contributed by atoms with van der Waals surface area (Å²) in [5.41, 5.74) is 0.172. The van der Waals surface area contributed by atoms with E-state index in [-0.39, 0.29) is 39.2 Å². The third-order valence-electron chi connectivity index (χ3n) is 4.54. The van der Waals surface area contributed by atoms with Crippen molar-refractivity contribution in [3.8, 4) is 5.75 Å². The Morgan fingerprint density at radius 3 is 2.68 bits per heavy atom. The first-order valence-corrected chi connectivity index (χ1v) is 9.45. The average molecular weight is 428 g/mol. The summed E-state index contributed by atoms with van der Waals surface area (Å²) in [4.78, 5) is 22.7. The number of hydrogen-bond donors (Lipinski definition) is 2. The van der Waals surface area contributed by atoms with E-state index in [9.17, 15) is 9.18 Å². The fourth-order valence-electron chi connectivity index (χ4n) is 2.94. The molecule has 7 nitrogen and oxygen atoms in total. The van der Waals surface area contributed by atoms with E-state index < -0.39 is 11.7 Å². The zero-order valence-corrected chi connectivity index (χ0v) is 16.9. The smallest absolute Gasteiger partial charge is 0.254 e. The number of rotatable bonds is 5. The molecule has 0 atom stereocenters. The average Bonchev–Trinajstić information content (AvgIpc) is 2.66. The predicted molar refractivity (Wildman–Crippen MR) is 106 cm³/mol. The zero-order chi connectivity index (χ0) is 20.3. The van der Waals surface area contributed by atoms with Gasteiger partial charge in [-0.3, -0.25) is 4.79 Å². The molecule has 0 saturated carbocycles. The van der Waals surface area contributed by atoms with Crippen molar-refractivity contribution in [1.82, 2.24) is 20.2 Å². The van der Waals surface area contributed by atoms with E-state index in [1.54, 1.807) is 0 Å². The summed E-state index contributed by atoms with van der Waals surface area (Å²) in [7, 11) is 3.46. The van der Waals surface area contributed by atoms with E-state index in [1.165, 1.54) is 19.4 Å². The Kier molecular flexibility index (Phi) is 6.53. The number of piperidine rings is 1. The van der Waals surface area contributed by atoms with Gasteiger partial charge in [-0.15, -0.1) is 0 Å². The molecule has 10 heteroatoms. The van der Waals surface area contributed by atoms with Crippen LogP contribution in [-0.2, 0) is 0 Å². The number of ether oxygens (including phenoxy) is 1. The molecule has 2 aromatic rings. The maximum Gasteiger partial charge on any atom is 0.254 e. The van der Waals surface area contributed by atoms with Gasteiger partial charge in [0.25, 0.3) is 5.91 Å². The SMILES string of the molecule is COc1cc(C(=O)NC2CCN(C)CC2)c(F)cc1Nc1ncc(Cl)c(Cl)n1. The Morgan fingerprint density at radius 1 is 1.32 bits per heavy atom. The van der Waals surface area contributed by atoms with Gasteiger partial charge in [-0.1, -0.05) is 23.2 Å². The first-order valence-electron chi connectivity index (χ1n) is 8.69. The van der Waals surface area contributed by atoms with Crippen LogP contribution in [0.3, 0.4) is 0 Å². The van der Waals surface area contributed by atoms with Gasteiger partial charge < -0.3 is 20.3 Å². The molecule has 1 fully saturated rings. The highest BCUT2D eigenvalue weighted by molar-refractivity contribution is 6.41. The lowest BCUT2D eigenvalue weighted by atomic mass is 10.0. The van der Waals surface area contributed by atoms with E-state index in [4.69, 9.17) is 27.9 Å². The lowest BCUT2D eigenvalue weighted by Gasteiger charge is -2.29. The second kappa shape index (κ2) is 8.89. The van der Waals surface area contributed by atoms with Crippen LogP contribution >= 0.6 is 23.2 Å². The van der Waals surface area contributed by atoms with Crippen LogP contribution in [0.15, 0.2) is 18.3 Å². The number of carbonyl (C=O) groups is 1. The van der Waals surface area contributed by atoms with Crippen LogP contribution in [0.25, 0.3) is 0 Å². The van der Waals surface area contributed by atoms with Crippen molar-refractivity contribution in [3.05, 3.63) is 39.9 Å². The molecule has 2 heterocycles. The van der Waals surface area contributed by atoms with Crippen LogP contribution in [0, 0.1) is 5.82 Å². The second-order valence-electron chi connectivity index (χ2n) is 6.54. The summed E-state index contributed by atoms with van der Waals surface area (Å²) < 4.78 is 19.9. The minimum absolute atomic E-state index is 0.0245. The van der Waals surface area contributed by atoms with Crippen molar-refractivity contribution in [1.29, 1.82) is 0 Å². The predicted octanol–water partition coefficient (Wildman–Crippen LogP) is 3.50. The summed E-state index contributed by atoms with van der Waals surface area (Å²) in [5.74, 6) is -0.767. The van der Waals surface area contributed by atoms with E-state index in [2.05, 4.69) is 25.5 Å². The molecular weight excluding hydrogens is 408 g/mol. The highest BCUT2D eigenvalue weighted by Gasteiger charge is 2.22. The van der Waals surface area contributed by atoms with Gasteiger partial charge >= 0.3 is 0 Å². The summed E-state index contributed by atoms with van der Waals surface area (Å²) in [6, 6.07) is 2.53. The molecule has 28 heavy (non-hydrogen) atoms. The van der Waals surface area contributed by atoms with Crippen molar-refractivity contribution in [2.75, 3.05) is 32.6 Å². The number of anilines is 2. The van der Waals surface area contributed by atoms with Crippen molar-refractivity contribution in [3.63, 3.8) is 0 Å². The lowest BCUT2D eigenvalue weighted by Crippen LogP contribution is -2.43. The Labute approximate surface area is 172 Å². The molecular formula is C18H20Cl2FN5O2. The number of likely N-dealkylation sites (tertiary alicyclic amines) is 1. The van der Waals surface area contributed by atoms with E-state index >= 15 is 0 Å². The van der Waals surface area contributed by atoms with Gasteiger partial charge in [0.05, 0.1) is 29.6 Å². The number of carbonyl (C=O) groups excluding carboxylic acids is 1. The normalized spacial score (nSPS) is 15.3. The van der Waals surface area contributed by atoms with Crippen molar-refractivity contribution in [2.24, 2.45) is 0 Å². The molecule has 0 unspecified atom stereocenters. The second-order valence-corrected chi connectivity index (χ2v) is 7.31. The number of halogens is 3.